The Morgan fingerprint density at radius 1 is 0.886 bits per heavy atom. The van der Waals surface area contributed by atoms with Crippen molar-refractivity contribution in [3.63, 3.8) is 0 Å². The van der Waals surface area contributed by atoms with E-state index in [0.717, 1.165) is 0 Å². The van der Waals surface area contributed by atoms with Gasteiger partial charge in [0.1, 0.15) is 13.2 Å². The van der Waals surface area contributed by atoms with Crippen LogP contribution >= 0.6 is 23.2 Å². The monoisotopic (exact) mass is 529 g/mol. The van der Waals surface area contributed by atoms with Crippen LogP contribution in [-0.4, -0.2) is 71.9 Å². The van der Waals surface area contributed by atoms with E-state index in [9.17, 15) is 9.59 Å². The van der Waals surface area contributed by atoms with Crippen LogP contribution in [0.4, 0.5) is 11.4 Å². The van der Waals surface area contributed by atoms with E-state index in [4.69, 9.17) is 51.6 Å². The number of carbonyl (C=O) groups excluding carboxylic acids is 2. The average Bonchev–Trinajstić information content (AvgIpc) is 2.84. The second-order valence-electron chi connectivity index (χ2n) is 6.86. The highest BCUT2D eigenvalue weighted by Crippen LogP contribution is 2.37. The summed E-state index contributed by atoms with van der Waals surface area (Å²) in [6.45, 7) is 3.89. The molecule has 2 rings (SSSR count). The molecule has 0 fully saturated rings. The zero-order chi connectivity index (χ0) is 25.5. The lowest BCUT2D eigenvalue weighted by molar-refractivity contribution is -0.149. The molecule has 0 bridgehead atoms. The van der Waals surface area contributed by atoms with Gasteiger partial charge < -0.3 is 33.7 Å². The fraction of sp³-hybridized carbons (Fsp3) is 0.417. The summed E-state index contributed by atoms with van der Waals surface area (Å²) in [5.41, 5.74) is 1.53. The molecule has 2 aromatic carbocycles. The van der Waals surface area contributed by atoms with Gasteiger partial charge in [0.2, 0.25) is 0 Å². The van der Waals surface area contributed by atoms with Crippen LogP contribution in [-0.2, 0) is 28.5 Å². The maximum absolute atomic E-state index is 12.0. The molecule has 192 valence electrons. The third-order valence-corrected chi connectivity index (χ3v) is 4.91. The third kappa shape index (κ3) is 10.3. The van der Waals surface area contributed by atoms with Gasteiger partial charge in [-0.1, -0.05) is 35.3 Å². The van der Waals surface area contributed by atoms with E-state index < -0.39 is 11.9 Å². The smallest absolute Gasteiger partial charge is 0.339 e. The van der Waals surface area contributed by atoms with Crippen molar-refractivity contribution in [3.05, 3.63) is 52.0 Å². The van der Waals surface area contributed by atoms with Gasteiger partial charge in [-0.05, 0) is 31.2 Å². The number of anilines is 2. The summed E-state index contributed by atoms with van der Waals surface area (Å²) < 4.78 is 31.1. The zero-order valence-corrected chi connectivity index (χ0v) is 21.2. The molecular formula is C24H29Cl2NO8. The van der Waals surface area contributed by atoms with E-state index in [1.807, 2.05) is 0 Å². The van der Waals surface area contributed by atoms with Crippen LogP contribution in [0.1, 0.15) is 17.3 Å². The molecule has 9 nitrogen and oxygen atoms in total. The van der Waals surface area contributed by atoms with Crippen LogP contribution in [0, 0.1) is 0 Å². The number of benzene rings is 2. The predicted molar refractivity (Wildman–Crippen MR) is 132 cm³/mol. The second kappa shape index (κ2) is 16.2. The quantitative estimate of drug-likeness (QED) is 0.248. The second-order valence-corrected chi connectivity index (χ2v) is 7.68. The molecule has 0 spiro atoms. The van der Waals surface area contributed by atoms with Crippen LogP contribution < -0.4 is 10.1 Å². The SMILES string of the molecule is CCOC(=O)COCCOCCOCCOc1c(Cl)cc(Nc2ccccc2C(=O)OC)cc1Cl. The zero-order valence-electron chi connectivity index (χ0n) is 19.6. The van der Waals surface area contributed by atoms with Crippen molar-refractivity contribution in [2.45, 2.75) is 6.92 Å². The van der Waals surface area contributed by atoms with Crippen LogP contribution in [0.25, 0.3) is 0 Å². The first-order valence-corrected chi connectivity index (χ1v) is 11.7. The lowest BCUT2D eigenvalue weighted by Gasteiger charge is -2.14. The van der Waals surface area contributed by atoms with E-state index in [2.05, 4.69) is 5.32 Å². The molecule has 0 radical (unpaired) electrons. The molecule has 0 unspecified atom stereocenters. The van der Waals surface area contributed by atoms with Gasteiger partial charge in [0.15, 0.2) is 5.75 Å². The lowest BCUT2D eigenvalue weighted by Crippen LogP contribution is -2.16. The maximum Gasteiger partial charge on any atom is 0.339 e. The van der Waals surface area contributed by atoms with Crippen molar-refractivity contribution in [3.8, 4) is 5.75 Å². The molecule has 35 heavy (non-hydrogen) atoms. The molecular weight excluding hydrogens is 501 g/mol. The number of hydrogen-bond donors (Lipinski definition) is 1. The van der Waals surface area contributed by atoms with Crippen LogP contribution in [0.2, 0.25) is 10.0 Å². The summed E-state index contributed by atoms with van der Waals surface area (Å²) in [4.78, 5) is 23.1. The summed E-state index contributed by atoms with van der Waals surface area (Å²) in [7, 11) is 1.32. The Kier molecular flexibility index (Phi) is 13.3. The van der Waals surface area contributed by atoms with Gasteiger partial charge in [0.05, 0.1) is 68.0 Å². The number of para-hydroxylation sites is 1. The van der Waals surface area contributed by atoms with E-state index >= 15 is 0 Å². The van der Waals surface area contributed by atoms with E-state index in [1.54, 1.807) is 43.3 Å². The molecule has 0 amide bonds. The molecule has 0 aromatic heterocycles. The molecule has 0 heterocycles. The number of nitrogens with one attached hydrogen (secondary N) is 1. The predicted octanol–water partition coefficient (Wildman–Crippen LogP) is 4.52. The molecule has 0 aliphatic rings. The number of methoxy groups -OCH3 is 1. The third-order valence-electron chi connectivity index (χ3n) is 4.35. The van der Waals surface area contributed by atoms with Crippen LogP contribution in [0.5, 0.6) is 5.75 Å². The fourth-order valence-corrected chi connectivity index (χ4v) is 3.40. The molecule has 2 aromatic rings. The summed E-state index contributed by atoms with van der Waals surface area (Å²) in [6, 6.07) is 10.2. The van der Waals surface area contributed by atoms with Crippen LogP contribution in [0.15, 0.2) is 36.4 Å². The number of halogens is 2. The van der Waals surface area contributed by atoms with Crippen LogP contribution in [0.3, 0.4) is 0 Å². The van der Waals surface area contributed by atoms with Gasteiger partial charge in [-0.2, -0.15) is 0 Å². The maximum atomic E-state index is 12.0. The van der Waals surface area contributed by atoms with Crippen molar-refractivity contribution in [1.29, 1.82) is 0 Å². The highest BCUT2D eigenvalue weighted by atomic mass is 35.5. The Morgan fingerprint density at radius 3 is 2.11 bits per heavy atom. The number of esters is 2. The Labute approximate surface area is 214 Å². The van der Waals surface area contributed by atoms with Gasteiger partial charge in [0, 0.05) is 5.69 Å². The van der Waals surface area contributed by atoms with Crippen molar-refractivity contribution in [2.75, 3.05) is 65.3 Å². The minimum atomic E-state index is -0.460. The minimum absolute atomic E-state index is 0.0893. The lowest BCUT2D eigenvalue weighted by atomic mass is 10.1. The largest absolute Gasteiger partial charge is 0.488 e. The molecule has 0 aliphatic heterocycles. The summed E-state index contributed by atoms with van der Waals surface area (Å²) in [5, 5.41) is 3.73. The van der Waals surface area contributed by atoms with Crippen molar-refractivity contribution in [2.24, 2.45) is 0 Å². The average molecular weight is 530 g/mol. The summed E-state index contributed by atoms with van der Waals surface area (Å²) in [5.74, 6) is -0.525. The Hall–Kier alpha value is -2.56. The standard InChI is InChI=1S/C24H29Cl2NO8/c1-3-34-22(28)16-33-11-10-31-8-9-32-12-13-35-23-19(25)14-17(15-20(23)26)27-21-7-5-4-6-18(21)24(29)30-2/h4-7,14-15,27H,3,8-13,16H2,1-2H3. The molecule has 11 heteroatoms. The molecule has 0 saturated heterocycles. The van der Waals surface area contributed by atoms with Crippen molar-refractivity contribution >= 4 is 46.5 Å². The number of ether oxygens (including phenoxy) is 6. The van der Waals surface area contributed by atoms with Gasteiger partial charge in [0.25, 0.3) is 0 Å². The van der Waals surface area contributed by atoms with Gasteiger partial charge in [-0.15, -0.1) is 0 Å². The first-order valence-electron chi connectivity index (χ1n) is 10.9. The topological polar surface area (TPSA) is 102 Å². The van der Waals surface area contributed by atoms with E-state index in [1.165, 1.54) is 7.11 Å². The first-order chi connectivity index (χ1) is 17.0. The van der Waals surface area contributed by atoms with Gasteiger partial charge >= 0.3 is 11.9 Å². The number of hydrogen-bond acceptors (Lipinski definition) is 9. The number of rotatable bonds is 16. The molecule has 0 aliphatic carbocycles. The molecule has 1 N–H and O–H groups in total. The van der Waals surface area contributed by atoms with Gasteiger partial charge in [-0.25, -0.2) is 9.59 Å². The van der Waals surface area contributed by atoms with Crippen molar-refractivity contribution in [1.82, 2.24) is 0 Å². The normalized spacial score (nSPS) is 10.6. The minimum Gasteiger partial charge on any atom is -0.488 e. The number of carbonyl (C=O) groups is 2. The van der Waals surface area contributed by atoms with E-state index in [0.29, 0.717) is 65.8 Å². The summed E-state index contributed by atoms with van der Waals surface area (Å²) in [6.07, 6.45) is 0. The van der Waals surface area contributed by atoms with E-state index in [-0.39, 0.29) is 19.8 Å². The Morgan fingerprint density at radius 2 is 1.49 bits per heavy atom. The fourth-order valence-electron chi connectivity index (χ4n) is 2.81. The molecule has 0 atom stereocenters. The highest BCUT2D eigenvalue weighted by molar-refractivity contribution is 6.37. The van der Waals surface area contributed by atoms with Crippen molar-refractivity contribution < 1.29 is 38.0 Å². The highest BCUT2D eigenvalue weighted by Gasteiger charge is 2.14. The Balaban J connectivity index is 1.69. The van der Waals surface area contributed by atoms with Gasteiger partial charge in [-0.3, -0.25) is 0 Å². The Bertz CT molecular complexity index is 934. The first kappa shape index (κ1) is 28.7. The summed E-state index contributed by atoms with van der Waals surface area (Å²) >= 11 is 12.7. The molecule has 0 saturated carbocycles.